The first-order chi connectivity index (χ1) is 22.4. The average Bonchev–Trinajstić information content (AvgIpc) is 3.71. The Kier molecular flexibility index (Phi) is 13.4. The van der Waals surface area contributed by atoms with E-state index < -0.39 is 36.4 Å². The van der Waals surface area contributed by atoms with Gasteiger partial charge < -0.3 is 19.9 Å². The van der Waals surface area contributed by atoms with Crippen LogP contribution in [0.3, 0.4) is 0 Å². The van der Waals surface area contributed by atoms with Gasteiger partial charge in [0.15, 0.2) is 0 Å². The highest BCUT2D eigenvalue weighted by Gasteiger charge is 2.46. The molecule has 49 heavy (non-hydrogen) atoms. The lowest BCUT2D eigenvalue weighted by Crippen LogP contribution is -2.56. The second-order valence-electron chi connectivity index (χ2n) is 10.7. The van der Waals surface area contributed by atoms with Crippen molar-refractivity contribution in [2.24, 2.45) is 7.05 Å². The molecule has 3 aromatic heterocycles. The summed E-state index contributed by atoms with van der Waals surface area (Å²) in [5, 5.41) is 25.7. The van der Waals surface area contributed by atoms with Gasteiger partial charge in [0.1, 0.15) is 5.82 Å². The minimum absolute atomic E-state index is 0.0561. The Morgan fingerprint density at radius 1 is 0.816 bits per heavy atom. The molecule has 2 aliphatic rings. The van der Waals surface area contributed by atoms with Crippen LogP contribution in [0.1, 0.15) is 28.4 Å². The number of rotatable bonds is 3. The van der Waals surface area contributed by atoms with E-state index >= 15 is 0 Å². The zero-order valence-electron chi connectivity index (χ0n) is 25.9. The number of carboxylic acids is 3. The summed E-state index contributed by atoms with van der Waals surface area (Å²) in [6, 6.07) is 4.51. The van der Waals surface area contributed by atoms with Gasteiger partial charge in [-0.15, -0.1) is 11.3 Å². The Hall–Kier alpha value is -4.18. The normalized spacial score (nSPS) is 16.2. The van der Waals surface area contributed by atoms with Crippen LogP contribution in [0.25, 0.3) is 11.3 Å². The smallest absolute Gasteiger partial charge is 0.475 e. The third-order valence-corrected chi connectivity index (χ3v) is 8.23. The number of hydrogen-bond donors (Lipinski definition) is 3. The van der Waals surface area contributed by atoms with Crippen molar-refractivity contribution in [3.63, 3.8) is 0 Å². The Balaban J connectivity index is 0.000000325. The summed E-state index contributed by atoms with van der Waals surface area (Å²) in [4.78, 5) is 39.7. The van der Waals surface area contributed by atoms with Crippen molar-refractivity contribution in [1.82, 2.24) is 29.1 Å². The molecule has 0 aromatic carbocycles. The minimum Gasteiger partial charge on any atom is -0.475 e. The van der Waals surface area contributed by atoms with Gasteiger partial charge in [0, 0.05) is 61.3 Å². The van der Waals surface area contributed by atoms with Crippen molar-refractivity contribution in [1.29, 1.82) is 0 Å². The number of piperidine rings is 1. The van der Waals surface area contributed by atoms with Gasteiger partial charge in [-0.05, 0) is 38.9 Å². The second kappa shape index (κ2) is 16.0. The Morgan fingerprint density at radius 3 is 1.69 bits per heavy atom. The molecule has 0 saturated carbocycles. The lowest BCUT2D eigenvalue weighted by atomic mass is 9.83. The molecule has 3 aromatic rings. The molecule has 12 nitrogen and oxygen atoms in total. The molecular formula is C27H31F9N6O6S. The average molecular weight is 739 g/mol. The number of aliphatic carboxylic acids is 3. The van der Waals surface area contributed by atoms with E-state index in [9.17, 15) is 39.5 Å². The van der Waals surface area contributed by atoms with Gasteiger partial charge in [0.25, 0.3) is 0 Å². The van der Waals surface area contributed by atoms with E-state index in [4.69, 9.17) is 34.7 Å². The molecule has 1 saturated heterocycles. The number of imidazole rings is 1. The molecule has 0 amide bonds. The number of alkyl halides is 9. The van der Waals surface area contributed by atoms with E-state index in [0.29, 0.717) is 0 Å². The number of carboxylic acid groups (broad SMARTS) is 3. The number of aryl methyl sites for hydroxylation is 2. The Morgan fingerprint density at radius 2 is 1.31 bits per heavy atom. The zero-order valence-corrected chi connectivity index (χ0v) is 26.7. The third-order valence-electron chi connectivity index (χ3n) is 7.25. The fourth-order valence-electron chi connectivity index (χ4n) is 4.87. The summed E-state index contributed by atoms with van der Waals surface area (Å²) in [6.07, 6.45) is -6.90. The first-order valence-corrected chi connectivity index (χ1v) is 14.6. The molecule has 5 heterocycles. The maximum atomic E-state index is 10.6. The van der Waals surface area contributed by atoms with E-state index in [-0.39, 0.29) is 5.54 Å². The van der Waals surface area contributed by atoms with Crippen LogP contribution in [-0.2, 0) is 40.1 Å². The zero-order chi connectivity index (χ0) is 37.5. The number of fused-ring (bicyclic) bond motifs is 2. The molecule has 22 heteroatoms. The second-order valence-corrected chi connectivity index (χ2v) is 12.0. The molecule has 1 spiro atoms. The van der Waals surface area contributed by atoms with Crippen LogP contribution >= 0.6 is 11.3 Å². The number of hydrogen-bond acceptors (Lipinski definition) is 8. The third kappa shape index (κ3) is 11.4. The van der Waals surface area contributed by atoms with E-state index in [0.717, 1.165) is 51.1 Å². The molecule has 5 rings (SSSR count). The van der Waals surface area contributed by atoms with E-state index in [1.807, 2.05) is 35.5 Å². The molecule has 1 fully saturated rings. The van der Waals surface area contributed by atoms with Crippen LogP contribution in [0.15, 0.2) is 30.7 Å². The van der Waals surface area contributed by atoms with Crippen LogP contribution in [0.4, 0.5) is 39.5 Å². The van der Waals surface area contributed by atoms with Gasteiger partial charge in [-0.3, -0.25) is 14.5 Å². The molecule has 0 unspecified atom stereocenters. The predicted octanol–water partition coefficient (Wildman–Crippen LogP) is 4.99. The van der Waals surface area contributed by atoms with Crippen molar-refractivity contribution >= 4 is 29.2 Å². The van der Waals surface area contributed by atoms with Gasteiger partial charge in [-0.1, -0.05) is 0 Å². The van der Waals surface area contributed by atoms with Crippen molar-refractivity contribution < 1.29 is 69.2 Å². The van der Waals surface area contributed by atoms with Gasteiger partial charge in [-0.2, -0.15) is 44.6 Å². The quantitative estimate of drug-likeness (QED) is 0.314. The van der Waals surface area contributed by atoms with Gasteiger partial charge >= 0.3 is 36.4 Å². The van der Waals surface area contributed by atoms with Gasteiger partial charge in [0.05, 0.1) is 23.6 Å². The van der Waals surface area contributed by atoms with Crippen molar-refractivity contribution in [3.05, 3.63) is 46.3 Å². The maximum absolute atomic E-state index is 10.6. The minimum atomic E-state index is -5.08. The number of nitrogens with zero attached hydrogens (tertiary/aromatic N) is 6. The lowest BCUT2D eigenvalue weighted by Gasteiger charge is -2.49. The van der Waals surface area contributed by atoms with Crippen LogP contribution < -0.4 is 0 Å². The van der Waals surface area contributed by atoms with E-state index in [1.54, 1.807) is 0 Å². The van der Waals surface area contributed by atoms with Crippen molar-refractivity contribution in [2.75, 3.05) is 26.7 Å². The summed E-state index contributed by atoms with van der Waals surface area (Å²) in [5.74, 6) is -7.03. The Labute approximate surface area is 276 Å². The fraction of sp³-hybridized carbons (Fsp3) is 0.519. The summed E-state index contributed by atoms with van der Waals surface area (Å²) < 4.78 is 99.5. The number of likely N-dealkylation sites (N-methyl/N-ethyl adjacent to an activating group) is 1. The highest BCUT2D eigenvalue weighted by Crippen LogP contribution is 2.42. The standard InChI is InChI=1S/C21H28N6S.3C2HF3O2/c1-16-4-5-18(28-16)15-26-8-6-21(7-9-26)20-22-13-19(17-12-23-25(3)14-17)27(20)11-10-24(21)2;3*3-2(4,5)1(6)7/h4-5,12-14H,6-11,15H2,1-3H3;3*(H,6,7). The topological polar surface area (TPSA) is 154 Å². The first kappa shape index (κ1) is 41.0. The van der Waals surface area contributed by atoms with Gasteiger partial charge in [-0.25, -0.2) is 19.4 Å². The monoisotopic (exact) mass is 738 g/mol. The molecule has 0 atom stereocenters. The summed E-state index contributed by atoms with van der Waals surface area (Å²) in [5.41, 5.74) is 2.42. The highest BCUT2D eigenvalue weighted by atomic mass is 32.1. The van der Waals surface area contributed by atoms with Crippen LogP contribution in [0, 0.1) is 6.92 Å². The van der Waals surface area contributed by atoms with Gasteiger partial charge in [0.2, 0.25) is 0 Å². The molecule has 0 aliphatic carbocycles. The first-order valence-electron chi connectivity index (χ1n) is 13.8. The number of thiophene rings is 1. The molecular weight excluding hydrogens is 707 g/mol. The molecule has 3 N–H and O–H groups in total. The number of likely N-dealkylation sites (tertiary alicyclic amines) is 1. The van der Waals surface area contributed by atoms with Crippen molar-refractivity contribution in [2.45, 2.75) is 56.9 Å². The summed E-state index contributed by atoms with van der Waals surface area (Å²) in [7, 11) is 4.25. The van der Waals surface area contributed by atoms with E-state index in [1.165, 1.54) is 21.3 Å². The largest absolute Gasteiger partial charge is 0.490 e. The van der Waals surface area contributed by atoms with E-state index in [2.05, 4.69) is 51.8 Å². The molecule has 0 radical (unpaired) electrons. The SMILES string of the molecule is Cc1ccc(CN2CCC3(CC2)c2ncc(-c4cnn(C)c4)n2CCN3C)s1.O=C(O)C(F)(F)F.O=C(O)C(F)(F)F.O=C(O)C(F)(F)F. The molecule has 274 valence electrons. The van der Waals surface area contributed by atoms with Crippen LogP contribution in [0.5, 0.6) is 0 Å². The van der Waals surface area contributed by atoms with Crippen LogP contribution in [-0.4, -0.2) is 108 Å². The summed E-state index contributed by atoms with van der Waals surface area (Å²) >= 11 is 1.92. The number of aromatic nitrogens is 4. The fourth-order valence-corrected chi connectivity index (χ4v) is 5.80. The van der Waals surface area contributed by atoms with Crippen LogP contribution in [0.2, 0.25) is 0 Å². The summed E-state index contributed by atoms with van der Waals surface area (Å²) in [6.45, 7) is 7.58. The highest BCUT2D eigenvalue weighted by molar-refractivity contribution is 7.11. The van der Waals surface area contributed by atoms with Crippen molar-refractivity contribution in [3.8, 4) is 11.3 Å². The number of halogens is 9. The predicted molar refractivity (Wildman–Crippen MR) is 153 cm³/mol. The lowest BCUT2D eigenvalue weighted by molar-refractivity contribution is -0.193. The Bertz CT molecular complexity index is 1520. The molecule has 0 bridgehead atoms. The number of carbonyl (C=O) groups is 3. The molecule has 2 aliphatic heterocycles. The maximum Gasteiger partial charge on any atom is 0.490 e.